The lowest BCUT2D eigenvalue weighted by Gasteiger charge is -2.06. The lowest BCUT2D eigenvalue weighted by Crippen LogP contribution is -2.03. The second-order valence-corrected chi connectivity index (χ2v) is 6.19. The van der Waals surface area contributed by atoms with Crippen LogP contribution in [0.5, 0.6) is 0 Å². The molecule has 0 atom stereocenters. The van der Waals surface area contributed by atoms with Crippen LogP contribution in [0.3, 0.4) is 0 Å². The molecule has 1 heterocycles. The van der Waals surface area contributed by atoms with Crippen LogP contribution in [0.25, 0.3) is 11.0 Å². The quantitative estimate of drug-likeness (QED) is 0.847. The van der Waals surface area contributed by atoms with E-state index in [1.165, 1.54) is 11.8 Å². The first kappa shape index (κ1) is 14.1. The second kappa shape index (κ2) is 5.79. The van der Waals surface area contributed by atoms with Gasteiger partial charge in [0.25, 0.3) is 0 Å². The summed E-state index contributed by atoms with van der Waals surface area (Å²) in [5, 5.41) is 9.49. The van der Waals surface area contributed by atoms with Crippen molar-refractivity contribution in [3.8, 4) is 0 Å². The maximum atomic E-state index is 10.7. The van der Waals surface area contributed by atoms with Crippen molar-refractivity contribution in [2.45, 2.75) is 18.6 Å². The van der Waals surface area contributed by atoms with Crippen LogP contribution in [0.15, 0.2) is 34.4 Å². The summed E-state index contributed by atoms with van der Waals surface area (Å²) in [5.41, 5.74) is 2.98. The number of aliphatic carboxylic acids is 1. The summed E-state index contributed by atoms with van der Waals surface area (Å²) in [5.74, 6) is -0.852. The molecular weight excluding hydrogens is 328 g/mol. The van der Waals surface area contributed by atoms with Gasteiger partial charge in [0.15, 0.2) is 5.16 Å². The van der Waals surface area contributed by atoms with Crippen LogP contribution in [0.2, 0.25) is 0 Å². The fourth-order valence-corrected chi connectivity index (χ4v) is 2.80. The minimum Gasteiger partial charge on any atom is -0.481 e. The molecule has 1 aromatic heterocycles. The van der Waals surface area contributed by atoms with E-state index in [1.807, 2.05) is 29.7 Å². The van der Waals surface area contributed by atoms with E-state index in [0.29, 0.717) is 11.7 Å². The van der Waals surface area contributed by atoms with Crippen molar-refractivity contribution in [2.75, 3.05) is 5.75 Å². The smallest absolute Gasteiger partial charge is 0.313 e. The van der Waals surface area contributed by atoms with Gasteiger partial charge in [-0.15, -0.1) is 0 Å². The van der Waals surface area contributed by atoms with E-state index in [9.17, 15) is 4.79 Å². The molecule has 0 saturated heterocycles. The molecule has 1 N–H and O–H groups in total. The Kier molecular flexibility index (Phi) is 4.31. The van der Waals surface area contributed by atoms with Crippen LogP contribution in [0.4, 0.5) is 0 Å². The number of halogens is 1. The van der Waals surface area contributed by atoms with Crippen LogP contribution >= 0.6 is 27.7 Å². The average molecular weight is 341 g/mol. The van der Waals surface area contributed by atoms with Gasteiger partial charge in [0, 0.05) is 4.48 Å². The molecule has 2 rings (SSSR count). The Labute approximate surface area is 123 Å². The van der Waals surface area contributed by atoms with Crippen LogP contribution in [-0.4, -0.2) is 26.4 Å². The zero-order chi connectivity index (χ0) is 14.0. The first-order valence-electron chi connectivity index (χ1n) is 5.62. The Bertz CT molecular complexity index is 651. The number of hydrogen-bond acceptors (Lipinski definition) is 3. The summed E-state index contributed by atoms with van der Waals surface area (Å²) < 4.78 is 2.80. The first-order chi connectivity index (χ1) is 8.99. The van der Waals surface area contributed by atoms with Crippen molar-refractivity contribution in [3.05, 3.63) is 34.8 Å². The molecule has 0 aliphatic carbocycles. The summed E-state index contributed by atoms with van der Waals surface area (Å²) in [6.45, 7) is 6.40. The molecule has 0 spiro atoms. The Morgan fingerprint density at radius 1 is 1.58 bits per heavy atom. The van der Waals surface area contributed by atoms with E-state index in [1.54, 1.807) is 0 Å². The highest BCUT2D eigenvalue weighted by atomic mass is 79.9. The second-order valence-electron chi connectivity index (χ2n) is 4.12. The van der Waals surface area contributed by atoms with Crippen LogP contribution in [0.1, 0.15) is 5.56 Å². The number of allylic oxidation sites excluding steroid dienone is 1. The fraction of sp³-hybridized carbons (Fsp3) is 0.231. The lowest BCUT2D eigenvalue weighted by molar-refractivity contribution is -0.133. The highest BCUT2D eigenvalue weighted by Crippen LogP contribution is 2.27. The SMILES string of the molecule is C=C(Br)Cn1c(SCC(=O)O)nc2c(C)cccc21. The van der Waals surface area contributed by atoms with Crippen LogP contribution in [0, 0.1) is 6.92 Å². The molecule has 0 amide bonds. The van der Waals surface area contributed by atoms with E-state index in [2.05, 4.69) is 27.5 Å². The number of benzene rings is 1. The van der Waals surface area contributed by atoms with Gasteiger partial charge < -0.3 is 9.67 Å². The first-order valence-corrected chi connectivity index (χ1v) is 7.40. The van der Waals surface area contributed by atoms with Crippen molar-refractivity contribution < 1.29 is 9.90 Å². The Balaban J connectivity index is 2.50. The van der Waals surface area contributed by atoms with Gasteiger partial charge in [-0.3, -0.25) is 4.79 Å². The van der Waals surface area contributed by atoms with Gasteiger partial charge in [-0.1, -0.05) is 46.4 Å². The zero-order valence-corrected chi connectivity index (χ0v) is 12.8. The number of carboxylic acid groups (broad SMARTS) is 1. The molecule has 0 aliphatic rings. The molecule has 0 bridgehead atoms. The number of hydrogen-bond donors (Lipinski definition) is 1. The third-order valence-electron chi connectivity index (χ3n) is 2.60. The van der Waals surface area contributed by atoms with E-state index in [0.717, 1.165) is 21.1 Å². The van der Waals surface area contributed by atoms with Gasteiger partial charge >= 0.3 is 5.97 Å². The molecule has 100 valence electrons. The lowest BCUT2D eigenvalue weighted by atomic mass is 10.2. The van der Waals surface area contributed by atoms with Gasteiger partial charge in [-0.05, 0) is 18.6 Å². The maximum Gasteiger partial charge on any atom is 0.313 e. The average Bonchev–Trinajstić information content (AvgIpc) is 2.66. The van der Waals surface area contributed by atoms with E-state index >= 15 is 0 Å². The highest BCUT2D eigenvalue weighted by Gasteiger charge is 2.14. The molecule has 0 fully saturated rings. The van der Waals surface area contributed by atoms with Gasteiger partial charge in [0.05, 0.1) is 23.3 Å². The Morgan fingerprint density at radius 3 is 2.95 bits per heavy atom. The number of thioether (sulfide) groups is 1. The Morgan fingerprint density at radius 2 is 2.32 bits per heavy atom. The summed E-state index contributed by atoms with van der Waals surface area (Å²) in [7, 11) is 0. The number of nitrogens with zero attached hydrogens (tertiary/aromatic N) is 2. The molecule has 2 aromatic rings. The predicted molar refractivity (Wildman–Crippen MR) is 80.9 cm³/mol. The topological polar surface area (TPSA) is 55.1 Å². The number of rotatable bonds is 5. The van der Waals surface area contributed by atoms with E-state index < -0.39 is 5.97 Å². The minimum absolute atomic E-state index is 0.00285. The summed E-state index contributed by atoms with van der Waals surface area (Å²) in [6.07, 6.45) is 0. The molecule has 0 aliphatic heterocycles. The normalized spacial score (nSPS) is 10.8. The highest BCUT2D eigenvalue weighted by molar-refractivity contribution is 9.11. The summed E-state index contributed by atoms with van der Waals surface area (Å²) >= 11 is 4.57. The number of aryl methyl sites for hydroxylation is 1. The number of carbonyl (C=O) groups is 1. The zero-order valence-electron chi connectivity index (χ0n) is 10.4. The summed E-state index contributed by atoms with van der Waals surface area (Å²) in [6, 6.07) is 5.95. The van der Waals surface area contributed by atoms with Gasteiger partial charge in [-0.2, -0.15) is 0 Å². The van der Waals surface area contributed by atoms with E-state index in [-0.39, 0.29) is 5.75 Å². The van der Waals surface area contributed by atoms with Crippen molar-refractivity contribution >= 4 is 44.7 Å². The molecule has 4 nitrogen and oxygen atoms in total. The molecule has 1 aromatic carbocycles. The molecular formula is C13H13BrN2O2S. The van der Waals surface area contributed by atoms with Crippen molar-refractivity contribution in [3.63, 3.8) is 0 Å². The van der Waals surface area contributed by atoms with Crippen molar-refractivity contribution in [1.29, 1.82) is 0 Å². The molecule has 0 radical (unpaired) electrons. The number of carboxylic acids is 1. The number of para-hydroxylation sites is 1. The summed E-state index contributed by atoms with van der Waals surface area (Å²) in [4.78, 5) is 15.2. The van der Waals surface area contributed by atoms with Gasteiger partial charge in [0.2, 0.25) is 0 Å². The van der Waals surface area contributed by atoms with Crippen molar-refractivity contribution in [2.24, 2.45) is 0 Å². The minimum atomic E-state index is -0.849. The number of imidazole rings is 1. The van der Waals surface area contributed by atoms with Crippen LogP contribution < -0.4 is 0 Å². The third-order valence-corrected chi connectivity index (χ3v) is 3.81. The maximum absolute atomic E-state index is 10.7. The molecule has 6 heteroatoms. The van der Waals surface area contributed by atoms with Gasteiger partial charge in [-0.25, -0.2) is 4.98 Å². The van der Waals surface area contributed by atoms with Crippen LogP contribution in [-0.2, 0) is 11.3 Å². The Hall–Kier alpha value is -1.27. The molecule has 0 saturated carbocycles. The monoisotopic (exact) mass is 340 g/mol. The third kappa shape index (κ3) is 3.19. The van der Waals surface area contributed by atoms with Crippen molar-refractivity contribution in [1.82, 2.24) is 9.55 Å². The number of fused-ring (bicyclic) bond motifs is 1. The molecule has 19 heavy (non-hydrogen) atoms. The largest absolute Gasteiger partial charge is 0.481 e. The van der Waals surface area contributed by atoms with E-state index in [4.69, 9.17) is 5.11 Å². The number of aromatic nitrogens is 2. The molecule has 0 unspecified atom stereocenters. The fourth-order valence-electron chi connectivity index (χ4n) is 1.83. The van der Waals surface area contributed by atoms with Gasteiger partial charge in [0.1, 0.15) is 0 Å². The predicted octanol–water partition coefficient (Wildman–Crippen LogP) is 3.43. The standard InChI is InChI=1S/C13H13BrN2O2S/c1-8-4-3-5-10-12(8)15-13(19-7-11(17)18)16(10)6-9(2)14/h3-5H,2,6-7H2,1H3,(H,17,18).